The summed E-state index contributed by atoms with van der Waals surface area (Å²) in [4.78, 5) is 8.36. The minimum atomic E-state index is 0.746. The van der Waals surface area contributed by atoms with E-state index >= 15 is 0 Å². The summed E-state index contributed by atoms with van der Waals surface area (Å²) < 4.78 is 0. The Morgan fingerprint density at radius 3 is 2.92 bits per heavy atom. The summed E-state index contributed by atoms with van der Waals surface area (Å²) in [5.74, 6) is 0.746. The number of aromatic nitrogens is 2. The Bertz CT molecular complexity index is 248. The maximum atomic E-state index is 4.25. The summed E-state index contributed by atoms with van der Waals surface area (Å²) in [6.45, 7) is 5.14. The average Bonchev–Trinajstić information content (AvgIpc) is 2.13. The fraction of sp³-hybridized carbons (Fsp3) is 0.600. The van der Waals surface area contributed by atoms with E-state index in [1.165, 1.54) is 19.3 Å². The Balaban J connectivity index is 2.28. The molecule has 1 heterocycles. The van der Waals surface area contributed by atoms with Crippen molar-refractivity contribution >= 4 is 5.95 Å². The Labute approximate surface area is 79.6 Å². The molecule has 0 unspecified atom stereocenters. The number of anilines is 1. The maximum absolute atomic E-state index is 4.25. The van der Waals surface area contributed by atoms with Crippen molar-refractivity contribution in [2.24, 2.45) is 0 Å². The van der Waals surface area contributed by atoms with Crippen molar-refractivity contribution in [3.8, 4) is 0 Å². The normalized spacial score (nSPS) is 10.0. The molecule has 0 atom stereocenters. The molecule has 0 fully saturated rings. The van der Waals surface area contributed by atoms with Gasteiger partial charge in [0.05, 0.1) is 0 Å². The quantitative estimate of drug-likeness (QED) is 0.705. The van der Waals surface area contributed by atoms with Crippen LogP contribution in [0, 0.1) is 6.92 Å². The Morgan fingerprint density at radius 1 is 1.38 bits per heavy atom. The zero-order chi connectivity index (χ0) is 9.52. The molecule has 1 rings (SSSR count). The van der Waals surface area contributed by atoms with Crippen molar-refractivity contribution in [1.82, 2.24) is 9.97 Å². The third kappa shape index (κ3) is 3.87. The molecule has 1 aromatic heterocycles. The van der Waals surface area contributed by atoms with E-state index in [1.807, 2.05) is 13.0 Å². The summed E-state index contributed by atoms with van der Waals surface area (Å²) in [6, 6.07) is 1.90. The number of nitrogens with zero attached hydrogens (tertiary/aromatic N) is 2. The molecule has 0 saturated heterocycles. The smallest absolute Gasteiger partial charge is 0.222 e. The molecule has 0 amide bonds. The fourth-order valence-corrected chi connectivity index (χ4v) is 1.11. The lowest BCUT2D eigenvalue weighted by Crippen LogP contribution is -2.05. The van der Waals surface area contributed by atoms with Crippen molar-refractivity contribution in [3.63, 3.8) is 0 Å². The fourth-order valence-electron chi connectivity index (χ4n) is 1.11. The molecule has 0 aromatic carbocycles. The van der Waals surface area contributed by atoms with E-state index in [9.17, 15) is 0 Å². The van der Waals surface area contributed by atoms with Gasteiger partial charge in [0.1, 0.15) is 0 Å². The highest BCUT2D eigenvalue weighted by atomic mass is 15.1. The molecule has 1 N–H and O–H groups in total. The molecule has 0 spiro atoms. The van der Waals surface area contributed by atoms with Crippen molar-refractivity contribution in [1.29, 1.82) is 0 Å². The molecule has 3 nitrogen and oxygen atoms in total. The zero-order valence-corrected chi connectivity index (χ0v) is 8.38. The Kier molecular flexibility index (Phi) is 4.23. The second-order valence-electron chi connectivity index (χ2n) is 3.16. The van der Waals surface area contributed by atoms with Crippen LogP contribution >= 0.6 is 0 Å². The first-order chi connectivity index (χ1) is 6.33. The first-order valence-electron chi connectivity index (χ1n) is 4.86. The van der Waals surface area contributed by atoms with Crippen LogP contribution in [0.3, 0.4) is 0 Å². The minimum absolute atomic E-state index is 0.746. The highest BCUT2D eigenvalue weighted by Crippen LogP contribution is 2.00. The molecular weight excluding hydrogens is 162 g/mol. The standard InChI is InChI=1S/C10H17N3/c1-3-4-5-7-11-10-12-8-6-9(2)13-10/h6,8H,3-5,7H2,1-2H3,(H,11,12,13). The van der Waals surface area contributed by atoms with E-state index in [1.54, 1.807) is 6.20 Å². The second kappa shape index (κ2) is 5.51. The first kappa shape index (κ1) is 9.96. The van der Waals surface area contributed by atoms with Crippen LogP contribution in [0.5, 0.6) is 0 Å². The average molecular weight is 179 g/mol. The van der Waals surface area contributed by atoms with Gasteiger partial charge in [-0.15, -0.1) is 0 Å². The lowest BCUT2D eigenvalue weighted by atomic mass is 10.2. The summed E-state index contributed by atoms with van der Waals surface area (Å²) in [6.07, 6.45) is 5.48. The Hall–Kier alpha value is -1.12. The number of hydrogen-bond acceptors (Lipinski definition) is 3. The number of nitrogens with one attached hydrogen (secondary N) is 1. The van der Waals surface area contributed by atoms with Gasteiger partial charge in [-0.1, -0.05) is 19.8 Å². The molecule has 0 radical (unpaired) electrons. The highest BCUT2D eigenvalue weighted by molar-refractivity contribution is 5.24. The van der Waals surface area contributed by atoms with Crippen molar-refractivity contribution in [2.75, 3.05) is 11.9 Å². The molecule has 13 heavy (non-hydrogen) atoms. The molecule has 0 aliphatic rings. The summed E-state index contributed by atoms with van der Waals surface area (Å²) in [5, 5.41) is 3.20. The van der Waals surface area contributed by atoms with E-state index < -0.39 is 0 Å². The van der Waals surface area contributed by atoms with Crippen molar-refractivity contribution in [3.05, 3.63) is 18.0 Å². The predicted octanol–water partition coefficient (Wildman–Crippen LogP) is 2.39. The van der Waals surface area contributed by atoms with Crippen LogP contribution in [-0.4, -0.2) is 16.5 Å². The predicted molar refractivity (Wildman–Crippen MR) is 54.8 cm³/mol. The van der Waals surface area contributed by atoms with E-state index in [0.29, 0.717) is 0 Å². The minimum Gasteiger partial charge on any atom is -0.354 e. The summed E-state index contributed by atoms with van der Waals surface area (Å²) in [7, 11) is 0. The molecule has 3 heteroatoms. The number of aryl methyl sites for hydroxylation is 1. The van der Waals surface area contributed by atoms with Gasteiger partial charge >= 0.3 is 0 Å². The molecule has 72 valence electrons. The zero-order valence-electron chi connectivity index (χ0n) is 8.38. The summed E-state index contributed by atoms with van der Waals surface area (Å²) in [5.41, 5.74) is 1.01. The van der Waals surface area contributed by atoms with Crippen LogP contribution in [0.25, 0.3) is 0 Å². The largest absolute Gasteiger partial charge is 0.354 e. The van der Waals surface area contributed by atoms with Crippen LogP contribution in [0.4, 0.5) is 5.95 Å². The molecule has 0 aliphatic carbocycles. The number of hydrogen-bond donors (Lipinski definition) is 1. The van der Waals surface area contributed by atoms with Gasteiger partial charge < -0.3 is 5.32 Å². The third-order valence-electron chi connectivity index (χ3n) is 1.86. The third-order valence-corrected chi connectivity index (χ3v) is 1.86. The number of rotatable bonds is 5. The highest BCUT2D eigenvalue weighted by Gasteiger charge is 1.93. The molecule has 0 bridgehead atoms. The van der Waals surface area contributed by atoms with Gasteiger partial charge in [-0.3, -0.25) is 0 Å². The monoisotopic (exact) mass is 179 g/mol. The maximum Gasteiger partial charge on any atom is 0.222 e. The van der Waals surface area contributed by atoms with Gasteiger partial charge in [0.2, 0.25) is 5.95 Å². The van der Waals surface area contributed by atoms with E-state index in [0.717, 1.165) is 18.2 Å². The van der Waals surface area contributed by atoms with E-state index in [2.05, 4.69) is 22.2 Å². The topological polar surface area (TPSA) is 37.8 Å². The SMILES string of the molecule is CCCCCNc1nccc(C)n1. The lowest BCUT2D eigenvalue weighted by molar-refractivity contribution is 0.740. The first-order valence-corrected chi connectivity index (χ1v) is 4.86. The lowest BCUT2D eigenvalue weighted by Gasteiger charge is -2.03. The van der Waals surface area contributed by atoms with Crippen LogP contribution in [0.2, 0.25) is 0 Å². The van der Waals surface area contributed by atoms with Gasteiger partial charge in [-0.05, 0) is 19.4 Å². The second-order valence-corrected chi connectivity index (χ2v) is 3.16. The molecule has 0 aliphatic heterocycles. The molecule has 0 saturated carbocycles. The summed E-state index contributed by atoms with van der Waals surface area (Å²) >= 11 is 0. The van der Waals surface area contributed by atoms with Crippen LogP contribution in [0.15, 0.2) is 12.3 Å². The van der Waals surface area contributed by atoms with Crippen molar-refractivity contribution in [2.45, 2.75) is 33.1 Å². The number of unbranched alkanes of at least 4 members (excludes halogenated alkanes) is 2. The van der Waals surface area contributed by atoms with Crippen LogP contribution in [0.1, 0.15) is 31.9 Å². The van der Waals surface area contributed by atoms with Crippen molar-refractivity contribution < 1.29 is 0 Å². The van der Waals surface area contributed by atoms with Gasteiger partial charge in [-0.25, -0.2) is 9.97 Å². The van der Waals surface area contributed by atoms with E-state index in [-0.39, 0.29) is 0 Å². The van der Waals surface area contributed by atoms with Crippen LogP contribution < -0.4 is 5.32 Å². The van der Waals surface area contributed by atoms with E-state index in [4.69, 9.17) is 0 Å². The van der Waals surface area contributed by atoms with Gasteiger partial charge in [0.25, 0.3) is 0 Å². The van der Waals surface area contributed by atoms with Gasteiger partial charge in [0.15, 0.2) is 0 Å². The molecular formula is C10H17N3. The van der Waals surface area contributed by atoms with Gasteiger partial charge in [0, 0.05) is 18.4 Å². The molecule has 1 aromatic rings. The van der Waals surface area contributed by atoms with Crippen LogP contribution in [-0.2, 0) is 0 Å². The Morgan fingerprint density at radius 2 is 2.23 bits per heavy atom. The van der Waals surface area contributed by atoms with Gasteiger partial charge in [-0.2, -0.15) is 0 Å².